The zero-order valence-electron chi connectivity index (χ0n) is 20.5. The lowest BCUT2D eigenvalue weighted by Crippen LogP contribution is -2.28. The smallest absolute Gasteiger partial charge is 0.384 e. The Morgan fingerprint density at radius 3 is 2.50 bits per heavy atom. The number of halogens is 4. The lowest BCUT2D eigenvalue weighted by atomic mass is 9.80. The van der Waals surface area contributed by atoms with Crippen LogP contribution < -0.4 is 10.6 Å². The van der Waals surface area contributed by atoms with Crippen molar-refractivity contribution in [2.75, 3.05) is 30.3 Å². The van der Waals surface area contributed by atoms with E-state index in [1.807, 2.05) is 0 Å². The van der Waals surface area contributed by atoms with E-state index in [2.05, 4.69) is 33.7 Å². The van der Waals surface area contributed by atoms with Crippen LogP contribution in [0.5, 0.6) is 0 Å². The van der Waals surface area contributed by atoms with Crippen LogP contribution in [-0.2, 0) is 6.18 Å². The van der Waals surface area contributed by atoms with Crippen LogP contribution in [0.2, 0.25) is 5.02 Å². The van der Waals surface area contributed by atoms with Crippen LogP contribution in [0, 0.1) is 11.8 Å². The molecule has 2 aliphatic rings. The second-order valence-electron chi connectivity index (χ2n) is 9.94. The third kappa shape index (κ3) is 6.96. The van der Waals surface area contributed by atoms with Crippen molar-refractivity contribution in [3.63, 3.8) is 0 Å². The van der Waals surface area contributed by atoms with E-state index in [0.717, 1.165) is 44.0 Å². The molecule has 1 saturated carbocycles. The van der Waals surface area contributed by atoms with Gasteiger partial charge in [0.25, 0.3) is 0 Å². The normalized spacial score (nSPS) is 20.4. The fraction of sp³-hybridized carbons (Fsp3) is 0.464. The van der Waals surface area contributed by atoms with Gasteiger partial charge in [-0.05, 0) is 68.2 Å². The molecule has 2 aromatic rings. The molecular weight excluding hydrogens is 485 g/mol. The molecule has 0 amide bonds. The van der Waals surface area contributed by atoms with Crippen molar-refractivity contribution in [2.24, 2.45) is 11.8 Å². The van der Waals surface area contributed by atoms with Gasteiger partial charge in [0.2, 0.25) is 0 Å². The van der Waals surface area contributed by atoms with Gasteiger partial charge in [0, 0.05) is 48.5 Å². The molecule has 1 aliphatic carbocycles. The number of allylic oxidation sites excluding steroid dienone is 1. The average Bonchev–Trinajstić information content (AvgIpc) is 3.25. The Kier molecular flexibility index (Phi) is 8.50. The summed E-state index contributed by atoms with van der Waals surface area (Å²) in [7, 11) is 0. The van der Waals surface area contributed by atoms with Crippen molar-refractivity contribution in [1.82, 2.24) is 9.88 Å². The fourth-order valence-corrected chi connectivity index (χ4v) is 5.35. The number of anilines is 2. The zero-order valence-corrected chi connectivity index (χ0v) is 21.3. The molecular formula is C28H34ClF3N4. The number of hydrogen-bond acceptors (Lipinski definition) is 4. The summed E-state index contributed by atoms with van der Waals surface area (Å²) in [6.07, 6.45) is 5.09. The van der Waals surface area contributed by atoms with Gasteiger partial charge in [-0.2, -0.15) is 13.2 Å². The van der Waals surface area contributed by atoms with E-state index < -0.39 is 11.7 Å². The quantitative estimate of drug-likeness (QED) is 0.352. The van der Waals surface area contributed by atoms with E-state index >= 15 is 0 Å². The van der Waals surface area contributed by atoms with Crippen molar-refractivity contribution in [2.45, 2.75) is 51.1 Å². The van der Waals surface area contributed by atoms with Crippen molar-refractivity contribution >= 4 is 28.8 Å². The minimum Gasteiger partial charge on any atom is -0.384 e. The first-order valence-corrected chi connectivity index (χ1v) is 13.0. The first-order chi connectivity index (χ1) is 17.2. The van der Waals surface area contributed by atoms with E-state index in [1.54, 1.807) is 12.1 Å². The minimum atomic E-state index is -4.42. The van der Waals surface area contributed by atoms with Gasteiger partial charge in [-0.1, -0.05) is 43.7 Å². The molecule has 1 saturated heterocycles. The third-order valence-corrected chi connectivity index (χ3v) is 7.56. The summed E-state index contributed by atoms with van der Waals surface area (Å²) in [6, 6.07) is 7.08. The number of likely N-dealkylation sites (tertiary alicyclic amines) is 1. The summed E-state index contributed by atoms with van der Waals surface area (Å²) in [4.78, 5) is 6.63. The van der Waals surface area contributed by atoms with Gasteiger partial charge in [0.1, 0.15) is 5.82 Å². The maximum Gasteiger partial charge on any atom is 0.416 e. The van der Waals surface area contributed by atoms with Crippen molar-refractivity contribution in [1.29, 1.82) is 0 Å². The number of benzene rings is 1. The first-order valence-electron chi connectivity index (χ1n) is 12.6. The molecule has 2 fully saturated rings. The largest absolute Gasteiger partial charge is 0.416 e. The van der Waals surface area contributed by atoms with E-state index in [-0.39, 0.29) is 0 Å². The van der Waals surface area contributed by atoms with Gasteiger partial charge in [0.15, 0.2) is 0 Å². The second kappa shape index (κ2) is 11.6. The van der Waals surface area contributed by atoms with Gasteiger partial charge in [-0.15, -0.1) is 0 Å². The summed E-state index contributed by atoms with van der Waals surface area (Å²) in [5.41, 5.74) is 2.05. The number of pyridine rings is 1. The molecule has 4 rings (SSSR count). The van der Waals surface area contributed by atoms with E-state index in [4.69, 9.17) is 11.6 Å². The van der Waals surface area contributed by atoms with E-state index in [9.17, 15) is 13.2 Å². The molecule has 2 N–H and O–H groups in total. The van der Waals surface area contributed by atoms with E-state index in [0.29, 0.717) is 40.3 Å². The molecule has 1 aromatic heterocycles. The highest BCUT2D eigenvalue weighted by Gasteiger charge is 2.31. The molecule has 1 aliphatic heterocycles. The monoisotopic (exact) mass is 518 g/mol. The lowest BCUT2D eigenvalue weighted by molar-refractivity contribution is -0.137. The Morgan fingerprint density at radius 1 is 1.11 bits per heavy atom. The predicted octanol–water partition coefficient (Wildman–Crippen LogP) is 8.05. The molecule has 0 unspecified atom stereocenters. The van der Waals surface area contributed by atoms with Gasteiger partial charge >= 0.3 is 6.18 Å². The molecule has 8 heteroatoms. The van der Waals surface area contributed by atoms with Crippen molar-refractivity contribution in [3.05, 3.63) is 71.5 Å². The van der Waals surface area contributed by atoms with Crippen LogP contribution in [0.1, 0.15) is 56.1 Å². The van der Waals surface area contributed by atoms with E-state index in [1.165, 1.54) is 50.1 Å². The molecule has 0 bridgehead atoms. The van der Waals surface area contributed by atoms with Crippen molar-refractivity contribution < 1.29 is 13.2 Å². The first kappa shape index (κ1) is 26.4. The Labute approximate surface area is 216 Å². The van der Waals surface area contributed by atoms with Crippen LogP contribution in [-0.4, -0.2) is 29.5 Å². The topological polar surface area (TPSA) is 40.2 Å². The van der Waals surface area contributed by atoms with Crippen LogP contribution in [0.3, 0.4) is 0 Å². The van der Waals surface area contributed by atoms with Gasteiger partial charge in [0.05, 0.1) is 10.6 Å². The summed E-state index contributed by atoms with van der Waals surface area (Å²) >= 11 is 5.89. The maximum atomic E-state index is 13.4. The van der Waals surface area contributed by atoms with Crippen LogP contribution in [0.4, 0.5) is 24.7 Å². The molecule has 194 valence electrons. The summed E-state index contributed by atoms with van der Waals surface area (Å²) in [6.45, 7) is 11.1. The second-order valence-corrected chi connectivity index (χ2v) is 10.4. The highest BCUT2D eigenvalue weighted by molar-refractivity contribution is 6.30. The van der Waals surface area contributed by atoms with Gasteiger partial charge < -0.3 is 15.5 Å². The number of alkyl halides is 3. The molecule has 4 nitrogen and oxygen atoms in total. The SMILES string of the molecule is C=C(Nc1ccc(Cl)cn1)c1ccc(C(F)(F)F)cc1NCCC1CCC(CN2CCCC2=C)CC1. The summed E-state index contributed by atoms with van der Waals surface area (Å²) < 4.78 is 40.2. The highest BCUT2D eigenvalue weighted by atomic mass is 35.5. The van der Waals surface area contributed by atoms with Crippen molar-refractivity contribution in [3.8, 4) is 0 Å². The standard InChI is InChI=1S/C28H34ClF3N4/c1-19-4-3-15-36(19)18-22-7-5-21(6-8-22)13-14-33-26-16-23(28(30,31)32)9-11-25(26)20(2)35-27-12-10-24(29)17-34-27/h9-12,16-17,21-22,33H,1-8,13-15,18H2,(H,34,35). The Hall–Kier alpha value is -2.67. The van der Waals surface area contributed by atoms with Crippen LogP contribution in [0.15, 0.2) is 55.4 Å². The fourth-order valence-electron chi connectivity index (χ4n) is 5.24. The molecule has 0 spiro atoms. The predicted molar refractivity (Wildman–Crippen MR) is 142 cm³/mol. The lowest BCUT2D eigenvalue weighted by Gasteiger charge is -2.32. The Morgan fingerprint density at radius 2 is 1.86 bits per heavy atom. The number of nitrogens with one attached hydrogen (secondary N) is 2. The molecule has 36 heavy (non-hydrogen) atoms. The molecule has 0 radical (unpaired) electrons. The highest BCUT2D eigenvalue weighted by Crippen LogP contribution is 2.36. The molecule has 2 heterocycles. The molecule has 1 aromatic carbocycles. The summed E-state index contributed by atoms with van der Waals surface area (Å²) in [5.74, 6) is 1.82. The zero-order chi connectivity index (χ0) is 25.7. The van der Waals surface area contributed by atoms with Crippen LogP contribution in [0.25, 0.3) is 5.70 Å². The minimum absolute atomic E-state index is 0.414. The maximum absolute atomic E-state index is 13.4. The third-order valence-electron chi connectivity index (χ3n) is 7.33. The number of aromatic nitrogens is 1. The Balaban J connectivity index is 1.34. The van der Waals surface area contributed by atoms with Crippen LogP contribution >= 0.6 is 11.6 Å². The van der Waals surface area contributed by atoms with Gasteiger partial charge in [-0.3, -0.25) is 0 Å². The molecule has 0 atom stereocenters. The van der Waals surface area contributed by atoms with Gasteiger partial charge in [-0.25, -0.2) is 4.98 Å². The number of hydrogen-bond donors (Lipinski definition) is 2. The summed E-state index contributed by atoms with van der Waals surface area (Å²) in [5, 5.41) is 6.83. The average molecular weight is 519 g/mol. The number of nitrogens with zero attached hydrogens (tertiary/aromatic N) is 2. The number of rotatable bonds is 9. The Bertz CT molecular complexity index is 1060.